The lowest BCUT2D eigenvalue weighted by Gasteiger charge is -2.19. The molecular formula is C12H10ClF4NOS. The summed E-state index contributed by atoms with van der Waals surface area (Å²) in [6.45, 7) is 0. The van der Waals surface area contributed by atoms with E-state index in [1.807, 2.05) is 0 Å². The van der Waals surface area contributed by atoms with E-state index in [9.17, 15) is 22.7 Å². The number of hydrogen-bond donors (Lipinski definition) is 2. The molecule has 0 bridgehead atoms. The molecule has 3 N–H and O–H groups in total. The lowest BCUT2D eigenvalue weighted by atomic mass is 9.97. The van der Waals surface area contributed by atoms with Crippen molar-refractivity contribution in [3.05, 3.63) is 51.5 Å². The lowest BCUT2D eigenvalue weighted by Crippen LogP contribution is -2.18. The zero-order chi connectivity index (χ0) is 14.2. The molecule has 0 fully saturated rings. The predicted octanol–water partition coefficient (Wildman–Crippen LogP) is 4.08. The van der Waals surface area contributed by atoms with E-state index in [0.29, 0.717) is 17.0 Å². The summed E-state index contributed by atoms with van der Waals surface area (Å²) in [5.74, 6) is -2.19. The molecule has 0 saturated carbocycles. The number of benzene rings is 1. The van der Waals surface area contributed by atoms with Gasteiger partial charge in [-0.1, -0.05) is 6.07 Å². The number of hydrogen-bond acceptors (Lipinski definition) is 3. The highest BCUT2D eigenvalue weighted by atomic mass is 35.5. The van der Waals surface area contributed by atoms with Crippen molar-refractivity contribution in [1.29, 1.82) is 0 Å². The Bertz CT molecular complexity index is 586. The highest BCUT2D eigenvalue weighted by Crippen LogP contribution is 2.41. The minimum atomic E-state index is -4.71. The van der Waals surface area contributed by atoms with Gasteiger partial charge in [-0.25, -0.2) is 4.39 Å². The first-order valence-electron chi connectivity index (χ1n) is 5.20. The van der Waals surface area contributed by atoms with Gasteiger partial charge in [-0.15, -0.1) is 23.7 Å². The summed E-state index contributed by atoms with van der Waals surface area (Å²) in [6, 6.07) is 3.07. The molecule has 2 aromatic rings. The van der Waals surface area contributed by atoms with E-state index in [-0.39, 0.29) is 12.4 Å². The van der Waals surface area contributed by atoms with Crippen molar-refractivity contribution in [3.8, 4) is 5.75 Å². The minimum Gasteiger partial charge on any atom is -0.505 e. The SMILES string of the molecule is Cl.N[C@H](c1cccs1)c1c(C(F)(F)F)ccc(F)c1O. The van der Waals surface area contributed by atoms with Crippen molar-refractivity contribution in [2.45, 2.75) is 12.2 Å². The van der Waals surface area contributed by atoms with Crippen LogP contribution in [0.3, 0.4) is 0 Å². The fourth-order valence-electron chi connectivity index (χ4n) is 1.75. The molecule has 1 aromatic carbocycles. The zero-order valence-electron chi connectivity index (χ0n) is 9.82. The van der Waals surface area contributed by atoms with E-state index in [1.165, 1.54) is 6.07 Å². The van der Waals surface area contributed by atoms with E-state index in [1.54, 1.807) is 11.4 Å². The molecule has 0 spiro atoms. The molecule has 0 unspecified atom stereocenters. The third-order valence-electron chi connectivity index (χ3n) is 2.63. The van der Waals surface area contributed by atoms with Crippen LogP contribution in [0.15, 0.2) is 29.6 Å². The van der Waals surface area contributed by atoms with Gasteiger partial charge in [0.05, 0.1) is 11.6 Å². The highest BCUT2D eigenvalue weighted by molar-refractivity contribution is 7.10. The van der Waals surface area contributed by atoms with E-state index in [2.05, 4.69) is 0 Å². The average molecular weight is 328 g/mol. The number of nitrogens with two attached hydrogens (primary N) is 1. The molecule has 8 heteroatoms. The van der Waals surface area contributed by atoms with Crippen molar-refractivity contribution in [1.82, 2.24) is 0 Å². The van der Waals surface area contributed by atoms with Gasteiger partial charge < -0.3 is 10.8 Å². The normalized spacial score (nSPS) is 12.8. The Morgan fingerprint density at radius 3 is 2.35 bits per heavy atom. The predicted molar refractivity (Wildman–Crippen MR) is 70.7 cm³/mol. The maximum Gasteiger partial charge on any atom is 0.416 e. The zero-order valence-corrected chi connectivity index (χ0v) is 11.5. The molecule has 110 valence electrons. The molecule has 0 aliphatic heterocycles. The Balaban J connectivity index is 0.00000200. The first-order chi connectivity index (χ1) is 8.82. The van der Waals surface area contributed by atoms with E-state index in [0.717, 1.165) is 11.3 Å². The number of rotatable bonds is 2. The average Bonchev–Trinajstić information content (AvgIpc) is 2.83. The van der Waals surface area contributed by atoms with Crippen molar-refractivity contribution in [3.63, 3.8) is 0 Å². The topological polar surface area (TPSA) is 46.2 Å². The maximum absolute atomic E-state index is 13.3. The fourth-order valence-corrected chi connectivity index (χ4v) is 2.49. The third kappa shape index (κ3) is 3.05. The van der Waals surface area contributed by atoms with Gasteiger partial charge in [0.1, 0.15) is 0 Å². The molecule has 2 nitrogen and oxygen atoms in total. The minimum absolute atomic E-state index is 0. The fraction of sp³-hybridized carbons (Fsp3) is 0.167. The molecule has 0 aliphatic rings. The first kappa shape index (κ1) is 16.7. The molecule has 1 atom stereocenters. The summed E-state index contributed by atoms with van der Waals surface area (Å²) in [7, 11) is 0. The quantitative estimate of drug-likeness (QED) is 0.816. The van der Waals surface area contributed by atoms with Crippen LogP contribution in [0.2, 0.25) is 0 Å². The summed E-state index contributed by atoms with van der Waals surface area (Å²) in [5, 5.41) is 11.2. The number of alkyl halides is 3. The molecule has 1 aromatic heterocycles. The number of halogens is 5. The van der Waals surface area contributed by atoms with Crippen LogP contribution in [0, 0.1) is 5.82 Å². The van der Waals surface area contributed by atoms with Gasteiger partial charge in [-0.05, 0) is 23.6 Å². The van der Waals surface area contributed by atoms with E-state index < -0.39 is 34.9 Å². The van der Waals surface area contributed by atoms with E-state index in [4.69, 9.17) is 5.73 Å². The molecule has 20 heavy (non-hydrogen) atoms. The van der Waals surface area contributed by atoms with Crippen LogP contribution in [0.4, 0.5) is 17.6 Å². The van der Waals surface area contributed by atoms with Crippen LogP contribution in [0.5, 0.6) is 5.75 Å². The monoisotopic (exact) mass is 327 g/mol. The second kappa shape index (κ2) is 5.99. The van der Waals surface area contributed by atoms with Gasteiger partial charge >= 0.3 is 6.18 Å². The van der Waals surface area contributed by atoms with E-state index >= 15 is 0 Å². The van der Waals surface area contributed by atoms with Gasteiger partial charge in [0.15, 0.2) is 11.6 Å². The summed E-state index contributed by atoms with van der Waals surface area (Å²) in [5.41, 5.74) is 3.94. The summed E-state index contributed by atoms with van der Waals surface area (Å²) < 4.78 is 51.9. The number of thiophene rings is 1. The molecule has 1 heterocycles. The maximum atomic E-state index is 13.3. The number of aromatic hydroxyl groups is 1. The molecule has 0 aliphatic carbocycles. The molecule has 0 radical (unpaired) electrons. The Kier molecular flexibility index (Phi) is 5.01. The van der Waals surface area contributed by atoms with Crippen LogP contribution < -0.4 is 5.73 Å². The number of phenolic OH excluding ortho intramolecular Hbond substituents is 1. The van der Waals surface area contributed by atoms with Crippen LogP contribution >= 0.6 is 23.7 Å². The Morgan fingerprint density at radius 2 is 1.85 bits per heavy atom. The van der Waals surface area contributed by atoms with Crippen LogP contribution in [-0.4, -0.2) is 5.11 Å². The van der Waals surface area contributed by atoms with Crippen molar-refractivity contribution >= 4 is 23.7 Å². The third-order valence-corrected chi connectivity index (χ3v) is 3.59. The summed E-state index contributed by atoms with van der Waals surface area (Å²) in [4.78, 5) is 0.409. The molecule has 0 amide bonds. The van der Waals surface area contributed by atoms with Crippen molar-refractivity contribution in [2.24, 2.45) is 5.73 Å². The lowest BCUT2D eigenvalue weighted by molar-refractivity contribution is -0.138. The van der Waals surface area contributed by atoms with Gasteiger partial charge in [-0.2, -0.15) is 13.2 Å². The van der Waals surface area contributed by atoms with Gasteiger partial charge in [0.25, 0.3) is 0 Å². The number of phenols is 1. The Hall–Kier alpha value is -1.31. The largest absolute Gasteiger partial charge is 0.505 e. The molecule has 0 saturated heterocycles. The second-order valence-corrected chi connectivity index (χ2v) is 4.83. The summed E-state index contributed by atoms with van der Waals surface area (Å²) >= 11 is 1.13. The van der Waals surface area contributed by atoms with Crippen molar-refractivity contribution < 1.29 is 22.7 Å². The van der Waals surface area contributed by atoms with Gasteiger partial charge in [-0.3, -0.25) is 0 Å². The Labute approximate surface area is 122 Å². The highest BCUT2D eigenvalue weighted by Gasteiger charge is 2.37. The molecular weight excluding hydrogens is 318 g/mol. The van der Waals surface area contributed by atoms with Gasteiger partial charge in [0, 0.05) is 10.4 Å². The second-order valence-electron chi connectivity index (χ2n) is 3.85. The smallest absolute Gasteiger partial charge is 0.416 e. The standard InChI is InChI=1S/C12H9F4NOS.ClH/c13-7-4-3-6(12(14,15)16)9(11(7)18)10(17)8-2-1-5-19-8;/h1-5,10,18H,17H2;1H/t10-;/m1./s1. The van der Waals surface area contributed by atoms with Crippen LogP contribution in [0.25, 0.3) is 0 Å². The van der Waals surface area contributed by atoms with Crippen molar-refractivity contribution in [2.75, 3.05) is 0 Å². The molecule has 2 rings (SSSR count). The van der Waals surface area contributed by atoms with Gasteiger partial charge in [0.2, 0.25) is 0 Å². The van der Waals surface area contributed by atoms with Crippen LogP contribution in [0.1, 0.15) is 22.0 Å². The first-order valence-corrected chi connectivity index (χ1v) is 6.08. The summed E-state index contributed by atoms with van der Waals surface area (Å²) in [6.07, 6.45) is -4.71. The Morgan fingerprint density at radius 1 is 1.20 bits per heavy atom. The van der Waals surface area contributed by atoms with Crippen LogP contribution in [-0.2, 0) is 6.18 Å².